The topological polar surface area (TPSA) is 138 Å². The molecule has 0 aliphatic heterocycles. The third kappa shape index (κ3) is 249. The molecule has 6 atom stereocenters. The molecule has 0 aliphatic rings. The van der Waals surface area contributed by atoms with E-state index < -0.39 is 0 Å². The largest absolute Gasteiger partial charge is 0.385 e. The normalized spacial score (nSPS) is 11.7. The number of ether oxygens (including phenoxy) is 15. The predicted octanol–water partition coefficient (Wildman–Crippen LogP) is 24.6. The SMILES string of the molecule is CCC(C)OC.CCCC(C)OC.CCCC(C)OCC.CCCCOCC.CCCOC(C)C.CCCOC(C)CC.CCCOC(C)CCC.CCCOCC.CCOC.CCOC(C)(C)C.CCOC(C)C.CCOC(C)C.CCOC(C)CC.CCOCC.COC(C)C. The van der Waals surface area contributed by atoms with Gasteiger partial charge >= 0.3 is 0 Å². The van der Waals surface area contributed by atoms with Gasteiger partial charge in [0.2, 0.25) is 0 Å². The van der Waals surface area contributed by atoms with Crippen LogP contribution in [0.4, 0.5) is 0 Å². The summed E-state index contributed by atoms with van der Waals surface area (Å²) in [6, 6.07) is 0. The Morgan fingerprint density at radius 2 is 0.520 bits per heavy atom. The second-order valence-corrected chi connectivity index (χ2v) is 24.4. The number of methoxy groups -OCH3 is 4. The van der Waals surface area contributed by atoms with E-state index >= 15 is 0 Å². The van der Waals surface area contributed by atoms with Crippen LogP contribution in [0.25, 0.3) is 0 Å². The van der Waals surface area contributed by atoms with Gasteiger partial charge in [0.05, 0.1) is 66.6 Å². The number of hydrogen-bond donors (Lipinski definition) is 0. The van der Waals surface area contributed by atoms with Gasteiger partial charge in [-0.2, -0.15) is 0 Å². The minimum atomic E-state index is 0.0503. The van der Waals surface area contributed by atoms with E-state index in [-0.39, 0.29) is 5.60 Å². The molecule has 0 radical (unpaired) electrons. The van der Waals surface area contributed by atoms with Gasteiger partial charge < -0.3 is 71.1 Å². The quantitative estimate of drug-likeness (QED) is 0.0537. The molecule has 618 valence electrons. The van der Waals surface area contributed by atoms with Crippen LogP contribution in [0, 0.1) is 0 Å². The Balaban J connectivity index is -0.0000000581. The summed E-state index contributed by atoms with van der Waals surface area (Å²) in [5.41, 5.74) is 0.0503. The summed E-state index contributed by atoms with van der Waals surface area (Å²) in [7, 11) is 6.86. The zero-order valence-corrected chi connectivity index (χ0v) is 75.6. The highest BCUT2D eigenvalue weighted by molar-refractivity contribution is 4.56. The fraction of sp³-hybridized carbons (Fsp3) is 1.00. The third-order valence-electron chi connectivity index (χ3n) is 11.5. The van der Waals surface area contributed by atoms with E-state index in [2.05, 4.69) is 157 Å². The summed E-state index contributed by atoms with van der Waals surface area (Å²) in [6.07, 6.45) is 21.8. The molecule has 0 bridgehead atoms. The Kier molecular flexibility index (Phi) is 185. The molecule has 0 saturated carbocycles. The Labute approximate surface area is 621 Å². The zero-order valence-electron chi connectivity index (χ0n) is 75.6. The average molecular weight is 1430 g/mol. The maximum Gasteiger partial charge on any atom is 0.0598 e. The zero-order chi connectivity index (χ0) is 80.1. The first-order valence-corrected chi connectivity index (χ1v) is 39.9. The van der Waals surface area contributed by atoms with Gasteiger partial charge in [-0.1, -0.05) is 102 Å². The molecule has 0 N–H and O–H groups in total. The van der Waals surface area contributed by atoms with Crippen LogP contribution in [0.15, 0.2) is 0 Å². The first-order valence-electron chi connectivity index (χ1n) is 39.9. The van der Waals surface area contributed by atoms with Gasteiger partial charge in [0.25, 0.3) is 0 Å². The third-order valence-corrected chi connectivity index (χ3v) is 11.5. The van der Waals surface area contributed by atoms with Crippen LogP contribution >= 0.6 is 0 Å². The van der Waals surface area contributed by atoms with Gasteiger partial charge in [-0.15, -0.1) is 0 Å². The van der Waals surface area contributed by atoms with E-state index in [1.807, 2.05) is 111 Å². The first-order chi connectivity index (χ1) is 46.1. The Morgan fingerprint density at radius 3 is 0.673 bits per heavy atom. The summed E-state index contributed by atoms with van der Waals surface area (Å²) < 4.78 is 75.8. The molecule has 0 aromatic heterocycles. The van der Waals surface area contributed by atoms with Crippen LogP contribution in [-0.2, 0) is 71.1 Å². The molecular formula is C83H196O15. The molecule has 15 nitrogen and oxygen atoms in total. The number of rotatable bonds is 40. The standard InChI is InChI=1S/C8H18O.2C7H16O.5C6H14O.4C5H12O.2C4H10O.C3H8O/c1-4-6-8(3)9-7-5-2;1-4-6-7(3)8-5-2;1-4-6-8-7(3)5-2;1-5-7-6(2,3)4;1-4-5-6(2)7-3;1-4-5-7-6(2)3;1-4-6(3)7-5-2;1-3-5-6-7-4-2;1-4-5(2)6-3;2*1-4-6-5(2)3;1-3-5-6-4-2;1-4(2)5-3;1-3-5-4-2;1-3-4-2/h8H,4-7H2,1-3H3;2*7H,4-6H2,1-3H3;5H2,1-4H3;3*6H,4-5H2,1-3H3;3-6H2,1-2H3;3*5H,4H2,1-3H3;3-5H2,1-2H3;4H,1-3H3;3-4H2,1-2H3;3H2,1-2H3. The van der Waals surface area contributed by atoms with Crippen LogP contribution in [0.1, 0.15) is 359 Å². The molecule has 0 rings (SSSR count). The summed E-state index contributed by atoms with van der Waals surface area (Å²) in [4.78, 5) is 0. The summed E-state index contributed by atoms with van der Waals surface area (Å²) in [5.74, 6) is 0. The molecule has 6 unspecified atom stereocenters. The Morgan fingerprint density at radius 1 is 0.235 bits per heavy atom. The van der Waals surface area contributed by atoms with Crippen molar-refractivity contribution in [1.29, 1.82) is 0 Å². The summed E-state index contributed by atoms with van der Waals surface area (Å²) in [6.45, 7) is 91.5. The number of unbranched alkanes of at least 4 members (excludes halogenated alkanes) is 1. The van der Waals surface area contributed by atoms with Crippen molar-refractivity contribution in [3.63, 3.8) is 0 Å². The van der Waals surface area contributed by atoms with Gasteiger partial charge in [-0.3, -0.25) is 0 Å². The van der Waals surface area contributed by atoms with Crippen LogP contribution in [0.2, 0.25) is 0 Å². The van der Waals surface area contributed by atoms with Crippen molar-refractivity contribution < 1.29 is 71.1 Å². The van der Waals surface area contributed by atoms with Crippen molar-refractivity contribution in [3.05, 3.63) is 0 Å². The minimum Gasteiger partial charge on any atom is -0.385 e. The molecule has 0 saturated heterocycles. The van der Waals surface area contributed by atoms with E-state index in [1.54, 1.807) is 28.4 Å². The van der Waals surface area contributed by atoms with Crippen molar-refractivity contribution in [3.8, 4) is 0 Å². The number of hydrogen-bond acceptors (Lipinski definition) is 15. The second kappa shape index (κ2) is 136. The van der Waals surface area contributed by atoms with Crippen molar-refractivity contribution in [1.82, 2.24) is 0 Å². The van der Waals surface area contributed by atoms with Crippen molar-refractivity contribution >= 4 is 0 Å². The molecule has 98 heavy (non-hydrogen) atoms. The van der Waals surface area contributed by atoms with Gasteiger partial charge in [-0.05, 0) is 258 Å². The van der Waals surface area contributed by atoms with Crippen molar-refractivity contribution in [2.24, 2.45) is 0 Å². The van der Waals surface area contributed by atoms with Gasteiger partial charge in [-0.25, -0.2) is 0 Å². The monoisotopic (exact) mass is 1430 g/mol. The van der Waals surface area contributed by atoms with Crippen molar-refractivity contribution in [2.45, 2.75) is 426 Å². The van der Waals surface area contributed by atoms with Crippen LogP contribution < -0.4 is 0 Å². The molecule has 0 aromatic rings. The van der Waals surface area contributed by atoms with Crippen molar-refractivity contribution in [2.75, 3.05) is 128 Å². The Hall–Kier alpha value is -0.600. The fourth-order valence-electron chi connectivity index (χ4n) is 5.45. The summed E-state index contributed by atoms with van der Waals surface area (Å²) in [5, 5.41) is 0. The molecule has 0 amide bonds. The highest BCUT2D eigenvalue weighted by atomic mass is 16.5. The summed E-state index contributed by atoms with van der Waals surface area (Å²) >= 11 is 0. The lowest BCUT2D eigenvalue weighted by atomic mass is 10.2. The maximum absolute atomic E-state index is 5.43. The average Bonchev–Trinajstić information content (AvgIpc) is 3.03. The molecule has 0 heterocycles. The lowest BCUT2D eigenvalue weighted by molar-refractivity contribution is 0.00530. The highest BCUT2D eigenvalue weighted by Gasteiger charge is 2.06. The van der Waals surface area contributed by atoms with E-state index in [0.29, 0.717) is 61.0 Å². The molecule has 0 spiro atoms. The molecule has 15 heteroatoms. The van der Waals surface area contributed by atoms with E-state index in [4.69, 9.17) is 66.3 Å². The Bertz CT molecular complexity index is 1030. The van der Waals surface area contributed by atoms with Crippen LogP contribution in [0.3, 0.4) is 0 Å². The van der Waals surface area contributed by atoms with E-state index in [0.717, 1.165) is 144 Å². The van der Waals surface area contributed by atoms with Gasteiger partial charge in [0.15, 0.2) is 0 Å². The van der Waals surface area contributed by atoms with E-state index in [9.17, 15) is 0 Å². The lowest BCUT2D eigenvalue weighted by Crippen LogP contribution is -2.18. The molecule has 0 aliphatic carbocycles. The second-order valence-electron chi connectivity index (χ2n) is 24.4. The van der Waals surface area contributed by atoms with Crippen LogP contribution in [-0.4, -0.2) is 194 Å². The van der Waals surface area contributed by atoms with Crippen LogP contribution in [0.5, 0.6) is 0 Å². The fourth-order valence-corrected chi connectivity index (χ4v) is 5.45. The van der Waals surface area contributed by atoms with E-state index in [1.165, 1.54) is 51.4 Å². The lowest BCUT2D eigenvalue weighted by Gasteiger charge is -2.17. The molecule has 0 fully saturated rings. The highest BCUT2D eigenvalue weighted by Crippen LogP contribution is 2.05. The van der Waals surface area contributed by atoms with Gasteiger partial charge in [0.1, 0.15) is 0 Å². The first kappa shape index (κ1) is 133. The maximum atomic E-state index is 5.43. The molecular weight excluding hydrogens is 1240 g/mol. The molecule has 0 aromatic carbocycles. The minimum absolute atomic E-state index is 0.0503. The smallest absolute Gasteiger partial charge is 0.0598 e. The van der Waals surface area contributed by atoms with Gasteiger partial charge in [0, 0.05) is 128 Å². The predicted molar refractivity (Wildman–Crippen MR) is 438 cm³/mol.